The van der Waals surface area contributed by atoms with Gasteiger partial charge in [-0.05, 0) is 24.5 Å². The molecule has 0 atom stereocenters. The highest BCUT2D eigenvalue weighted by atomic mass is 28.4. The lowest BCUT2D eigenvalue weighted by Crippen LogP contribution is -2.42. The highest BCUT2D eigenvalue weighted by molar-refractivity contribution is 6.60. The third kappa shape index (κ3) is 5.43. The average molecular weight is 309 g/mol. The van der Waals surface area contributed by atoms with E-state index in [1.54, 1.807) is 21.3 Å². The van der Waals surface area contributed by atoms with Gasteiger partial charge < -0.3 is 19.0 Å². The number of amides is 1. The van der Waals surface area contributed by atoms with Crippen molar-refractivity contribution in [3.05, 3.63) is 41.5 Å². The SMILES string of the molecule is CO[Si](CCCC(=Cc1ccccc1)C(N)=O)(OC)OC. The molecule has 0 saturated carbocycles. The summed E-state index contributed by atoms with van der Waals surface area (Å²) in [5.41, 5.74) is 6.99. The third-order valence-electron chi connectivity index (χ3n) is 3.32. The van der Waals surface area contributed by atoms with Gasteiger partial charge in [-0.1, -0.05) is 30.3 Å². The number of benzene rings is 1. The van der Waals surface area contributed by atoms with Gasteiger partial charge in [-0.25, -0.2) is 0 Å². The van der Waals surface area contributed by atoms with Gasteiger partial charge in [-0.2, -0.15) is 0 Å². The first-order valence-electron chi connectivity index (χ1n) is 6.78. The lowest BCUT2D eigenvalue weighted by Gasteiger charge is -2.24. The second-order valence-corrected chi connectivity index (χ2v) is 7.68. The molecule has 116 valence electrons. The summed E-state index contributed by atoms with van der Waals surface area (Å²) in [6.45, 7) is 0. The molecule has 1 aromatic rings. The van der Waals surface area contributed by atoms with Crippen LogP contribution in [0.15, 0.2) is 35.9 Å². The average Bonchev–Trinajstić information content (AvgIpc) is 2.52. The van der Waals surface area contributed by atoms with Crippen molar-refractivity contribution < 1.29 is 18.1 Å². The summed E-state index contributed by atoms with van der Waals surface area (Å²) in [5, 5.41) is 0. The fourth-order valence-electron chi connectivity index (χ4n) is 2.07. The van der Waals surface area contributed by atoms with Crippen LogP contribution in [0.3, 0.4) is 0 Å². The number of hydrogen-bond acceptors (Lipinski definition) is 4. The Hall–Kier alpha value is -1.47. The Morgan fingerprint density at radius 1 is 1.14 bits per heavy atom. The molecule has 1 aromatic carbocycles. The van der Waals surface area contributed by atoms with E-state index >= 15 is 0 Å². The molecule has 0 aliphatic heterocycles. The first-order chi connectivity index (χ1) is 10.1. The maximum Gasteiger partial charge on any atom is 0.500 e. The monoisotopic (exact) mass is 309 g/mol. The van der Waals surface area contributed by atoms with E-state index in [-0.39, 0.29) is 0 Å². The van der Waals surface area contributed by atoms with Gasteiger partial charge in [0.05, 0.1) is 0 Å². The quantitative estimate of drug-likeness (QED) is 0.561. The number of carbonyl (C=O) groups excluding carboxylic acids is 1. The summed E-state index contributed by atoms with van der Waals surface area (Å²) >= 11 is 0. The Kier molecular flexibility index (Phi) is 7.31. The van der Waals surface area contributed by atoms with Gasteiger partial charge in [0.1, 0.15) is 0 Å². The van der Waals surface area contributed by atoms with Crippen LogP contribution in [0.25, 0.3) is 6.08 Å². The molecule has 5 nitrogen and oxygen atoms in total. The second kappa shape index (κ2) is 8.73. The van der Waals surface area contributed by atoms with Gasteiger partial charge in [0, 0.05) is 32.9 Å². The smallest absolute Gasteiger partial charge is 0.377 e. The topological polar surface area (TPSA) is 70.8 Å². The minimum absolute atomic E-state index is 0.404. The molecule has 0 fully saturated rings. The summed E-state index contributed by atoms with van der Waals surface area (Å²) in [7, 11) is 2.14. The van der Waals surface area contributed by atoms with Crippen molar-refractivity contribution in [2.75, 3.05) is 21.3 Å². The predicted molar refractivity (Wildman–Crippen MR) is 84.4 cm³/mol. The van der Waals surface area contributed by atoms with Gasteiger partial charge in [0.2, 0.25) is 5.91 Å². The Morgan fingerprint density at radius 3 is 2.19 bits per heavy atom. The van der Waals surface area contributed by atoms with E-state index in [1.807, 2.05) is 36.4 Å². The maximum absolute atomic E-state index is 11.5. The van der Waals surface area contributed by atoms with Gasteiger partial charge in [0.25, 0.3) is 0 Å². The number of hydrogen-bond donors (Lipinski definition) is 1. The van der Waals surface area contributed by atoms with Crippen LogP contribution in [0.2, 0.25) is 6.04 Å². The van der Waals surface area contributed by atoms with Gasteiger partial charge in [-0.15, -0.1) is 0 Å². The number of rotatable bonds is 9. The molecule has 0 aromatic heterocycles. The molecule has 1 amide bonds. The first-order valence-corrected chi connectivity index (χ1v) is 8.71. The highest BCUT2D eigenvalue weighted by Crippen LogP contribution is 2.20. The zero-order valence-electron chi connectivity index (χ0n) is 12.8. The van der Waals surface area contributed by atoms with Crippen molar-refractivity contribution in [1.82, 2.24) is 0 Å². The Bertz CT molecular complexity index is 464. The van der Waals surface area contributed by atoms with E-state index in [9.17, 15) is 4.79 Å². The van der Waals surface area contributed by atoms with Gasteiger partial charge >= 0.3 is 8.80 Å². The normalized spacial score (nSPS) is 12.4. The Labute approximate surface area is 127 Å². The van der Waals surface area contributed by atoms with E-state index in [0.29, 0.717) is 24.5 Å². The van der Waals surface area contributed by atoms with E-state index in [0.717, 1.165) is 5.56 Å². The Balaban J connectivity index is 2.69. The third-order valence-corrected chi connectivity index (χ3v) is 6.15. The van der Waals surface area contributed by atoms with E-state index in [2.05, 4.69) is 0 Å². The van der Waals surface area contributed by atoms with Crippen molar-refractivity contribution in [1.29, 1.82) is 0 Å². The zero-order chi connectivity index (χ0) is 15.7. The van der Waals surface area contributed by atoms with Crippen LogP contribution >= 0.6 is 0 Å². The van der Waals surface area contributed by atoms with E-state index in [4.69, 9.17) is 19.0 Å². The Morgan fingerprint density at radius 2 is 1.71 bits per heavy atom. The van der Waals surface area contributed by atoms with Crippen LogP contribution in [-0.2, 0) is 18.1 Å². The van der Waals surface area contributed by atoms with Crippen LogP contribution in [0, 0.1) is 0 Å². The van der Waals surface area contributed by atoms with Crippen LogP contribution in [-0.4, -0.2) is 36.0 Å². The van der Waals surface area contributed by atoms with Crippen LogP contribution < -0.4 is 5.73 Å². The minimum atomic E-state index is -2.59. The maximum atomic E-state index is 11.5. The minimum Gasteiger partial charge on any atom is -0.377 e. The van der Waals surface area contributed by atoms with Gasteiger partial charge in [0.15, 0.2) is 0 Å². The molecule has 2 N–H and O–H groups in total. The fourth-order valence-corrected chi connectivity index (χ4v) is 3.79. The number of primary amides is 1. The molecule has 0 aliphatic carbocycles. The van der Waals surface area contributed by atoms with E-state index < -0.39 is 14.7 Å². The second-order valence-electron chi connectivity index (χ2n) is 4.59. The van der Waals surface area contributed by atoms with Crippen LogP contribution in [0.5, 0.6) is 0 Å². The lowest BCUT2D eigenvalue weighted by atomic mass is 10.1. The summed E-state index contributed by atoms with van der Waals surface area (Å²) in [6, 6.07) is 10.3. The van der Waals surface area contributed by atoms with Crippen molar-refractivity contribution >= 4 is 20.8 Å². The summed E-state index contributed by atoms with van der Waals surface area (Å²) in [4.78, 5) is 11.5. The molecule has 0 bridgehead atoms. The van der Waals surface area contributed by atoms with Crippen molar-refractivity contribution in [3.63, 3.8) is 0 Å². The molecule has 0 heterocycles. The van der Waals surface area contributed by atoms with Crippen molar-refractivity contribution in [2.24, 2.45) is 5.73 Å². The summed E-state index contributed by atoms with van der Waals surface area (Å²) in [6.07, 6.45) is 3.09. The molecule has 21 heavy (non-hydrogen) atoms. The standard InChI is InChI=1S/C15H23NO4Si/c1-18-21(19-2,20-3)11-7-10-14(15(16)17)12-13-8-5-4-6-9-13/h4-6,8-9,12H,7,10-11H2,1-3H3,(H2,16,17). The lowest BCUT2D eigenvalue weighted by molar-refractivity contribution is -0.114. The van der Waals surface area contributed by atoms with Crippen LogP contribution in [0.4, 0.5) is 0 Å². The highest BCUT2D eigenvalue weighted by Gasteiger charge is 2.36. The first kappa shape index (κ1) is 17.6. The molecule has 0 radical (unpaired) electrons. The fraction of sp³-hybridized carbons (Fsp3) is 0.400. The molecule has 0 unspecified atom stereocenters. The summed E-state index contributed by atoms with van der Waals surface area (Å²) < 4.78 is 16.1. The van der Waals surface area contributed by atoms with Crippen molar-refractivity contribution in [3.8, 4) is 0 Å². The van der Waals surface area contributed by atoms with Crippen LogP contribution in [0.1, 0.15) is 18.4 Å². The number of nitrogens with two attached hydrogens (primary N) is 1. The molecular formula is C15H23NO4Si. The zero-order valence-corrected chi connectivity index (χ0v) is 13.8. The summed E-state index contributed by atoms with van der Waals surface area (Å²) in [5.74, 6) is -0.404. The largest absolute Gasteiger partial charge is 0.500 e. The van der Waals surface area contributed by atoms with Crippen molar-refractivity contribution in [2.45, 2.75) is 18.9 Å². The molecule has 0 aliphatic rings. The van der Waals surface area contributed by atoms with Gasteiger partial charge in [-0.3, -0.25) is 4.79 Å². The molecule has 1 rings (SSSR count). The molecule has 6 heteroatoms. The predicted octanol–water partition coefficient (Wildman–Crippen LogP) is 2.21. The number of carbonyl (C=O) groups is 1. The molecule has 0 saturated heterocycles. The molecule has 0 spiro atoms. The van der Waals surface area contributed by atoms with E-state index in [1.165, 1.54) is 0 Å². The molecular weight excluding hydrogens is 286 g/mol.